The van der Waals surface area contributed by atoms with Crippen LogP contribution in [0.3, 0.4) is 0 Å². The number of carbonyl (C=O) groups is 1. The van der Waals surface area contributed by atoms with Crippen molar-refractivity contribution in [3.63, 3.8) is 0 Å². The average molecular weight is 334 g/mol. The number of benzene rings is 2. The first-order chi connectivity index (χ1) is 9.60. The standard InChI is InChI=1S/C15H9BrFNO2/c16-12-4-1-10(2-5-12)15(19)9-20-13-6-3-11(8-18)14(17)7-13/h1-7H,9H2. The largest absolute Gasteiger partial charge is 0.485 e. The Labute approximate surface area is 123 Å². The minimum Gasteiger partial charge on any atom is -0.485 e. The SMILES string of the molecule is N#Cc1ccc(OCC(=O)c2ccc(Br)cc2)cc1F. The molecule has 0 heterocycles. The Morgan fingerprint density at radius 3 is 2.55 bits per heavy atom. The Morgan fingerprint density at radius 2 is 1.95 bits per heavy atom. The number of hydrogen-bond donors (Lipinski definition) is 0. The molecule has 0 bridgehead atoms. The number of carbonyl (C=O) groups excluding carboxylic acids is 1. The van der Waals surface area contributed by atoms with E-state index in [1.165, 1.54) is 12.1 Å². The van der Waals surface area contributed by atoms with Crippen molar-refractivity contribution >= 4 is 21.7 Å². The van der Waals surface area contributed by atoms with E-state index in [0.717, 1.165) is 10.5 Å². The molecule has 0 fully saturated rings. The molecule has 0 aliphatic heterocycles. The minimum atomic E-state index is -0.666. The predicted octanol–water partition coefficient (Wildman–Crippen LogP) is 3.72. The topological polar surface area (TPSA) is 50.1 Å². The summed E-state index contributed by atoms with van der Waals surface area (Å²) in [5.41, 5.74) is 0.457. The van der Waals surface area contributed by atoms with Gasteiger partial charge in [0.15, 0.2) is 12.4 Å². The predicted molar refractivity (Wildman–Crippen MR) is 75.1 cm³/mol. The van der Waals surface area contributed by atoms with Gasteiger partial charge in [0.25, 0.3) is 0 Å². The highest BCUT2D eigenvalue weighted by Gasteiger charge is 2.08. The van der Waals surface area contributed by atoms with Crippen LogP contribution in [0.2, 0.25) is 0 Å². The smallest absolute Gasteiger partial charge is 0.200 e. The minimum absolute atomic E-state index is 0.0587. The molecular weight excluding hydrogens is 325 g/mol. The van der Waals surface area contributed by atoms with Crippen molar-refractivity contribution in [1.82, 2.24) is 0 Å². The zero-order chi connectivity index (χ0) is 14.5. The van der Waals surface area contributed by atoms with Crippen LogP contribution in [0.1, 0.15) is 15.9 Å². The second kappa shape index (κ2) is 6.31. The summed E-state index contributed by atoms with van der Waals surface area (Å²) in [4.78, 5) is 11.9. The number of Topliss-reactive ketones (excluding diaryl/α,β-unsaturated/α-hetero) is 1. The van der Waals surface area contributed by atoms with Crippen molar-refractivity contribution in [2.45, 2.75) is 0 Å². The Bertz CT molecular complexity index is 677. The van der Waals surface area contributed by atoms with E-state index in [1.54, 1.807) is 30.3 Å². The zero-order valence-electron chi connectivity index (χ0n) is 10.3. The van der Waals surface area contributed by atoms with E-state index < -0.39 is 5.82 Å². The van der Waals surface area contributed by atoms with Gasteiger partial charge in [-0.2, -0.15) is 5.26 Å². The van der Waals surface area contributed by atoms with Crippen molar-refractivity contribution in [1.29, 1.82) is 5.26 Å². The van der Waals surface area contributed by atoms with Gasteiger partial charge in [0.1, 0.15) is 17.6 Å². The number of ether oxygens (including phenoxy) is 1. The first-order valence-electron chi connectivity index (χ1n) is 5.71. The molecule has 2 aromatic rings. The molecular formula is C15H9BrFNO2. The van der Waals surface area contributed by atoms with Crippen LogP contribution in [0.25, 0.3) is 0 Å². The van der Waals surface area contributed by atoms with Crippen molar-refractivity contribution in [2.24, 2.45) is 0 Å². The molecule has 0 aliphatic carbocycles. The number of hydrogen-bond acceptors (Lipinski definition) is 3. The highest BCUT2D eigenvalue weighted by atomic mass is 79.9. The van der Waals surface area contributed by atoms with Crippen LogP contribution in [-0.2, 0) is 0 Å². The van der Waals surface area contributed by atoms with Gasteiger partial charge in [0.2, 0.25) is 0 Å². The third-order valence-electron chi connectivity index (χ3n) is 2.60. The third kappa shape index (κ3) is 3.43. The van der Waals surface area contributed by atoms with E-state index in [1.807, 2.05) is 0 Å². The lowest BCUT2D eigenvalue weighted by molar-refractivity contribution is 0.0921. The molecule has 0 unspecified atom stereocenters. The van der Waals surface area contributed by atoms with Gasteiger partial charge in [-0.1, -0.05) is 28.1 Å². The van der Waals surface area contributed by atoms with Crippen LogP contribution >= 0.6 is 15.9 Å². The molecule has 20 heavy (non-hydrogen) atoms. The molecule has 0 amide bonds. The average Bonchev–Trinajstić information content (AvgIpc) is 2.45. The van der Waals surface area contributed by atoms with E-state index in [4.69, 9.17) is 10.00 Å². The molecule has 0 saturated carbocycles. The number of nitriles is 1. The molecule has 100 valence electrons. The summed E-state index contributed by atoms with van der Waals surface area (Å²) < 4.78 is 19.5. The fourth-order valence-electron chi connectivity index (χ4n) is 1.54. The van der Waals surface area contributed by atoms with Crippen LogP contribution in [0.5, 0.6) is 5.75 Å². The number of rotatable bonds is 4. The van der Waals surface area contributed by atoms with Crippen LogP contribution in [0.4, 0.5) is 4.39 Å². The van der Waals surface area contributed by atoms with Crippen molar-refractivity contribution < 1.29 is 13.9 Å². The van der Waals surface area contributed by atoms with Gasteiger partial charge in [0, 0.05) is 16.1 Å². The van der Waals surface area contributed by atoms with E-state index >= 15 is 0 Å². The molecule has 0 aromatic heterocycles. The summed E-state index contributed by atoms with van der Waals surface area (Å²) in [6.45, 7) is -0.188. The summed E-state index contributed by atoms with van der Waals surface area (Å²) in [6, 6.07) is 12.4. The number of nitrogens with zero attached hydrogens (tertiary/aromatic N) is 1. The maximum absolute atomic E-state index is 13.3. The molecule has 0 spiro atoms. The summed E-state index contributed by atoms with van der Waals surface area (Å²) >= 11 is 3.28. The van der Waals surface area contributed by atoms with Crippen molar-refractivity contribution in [3.8, 4) is 11.8 Å². The summed E-state index contributed by atoms with van der Waals surface area (Å²) in [7, 11) is 0. The molecule has 0 atom stereocenters. The molecule has 0 aliphatic rings. The lowest BCUT2D eigenvalue weighted by Crippen LogP contribution is -2.11. The normalized spacial score (nSPS) is 9.85. The van der Waals surface area contributed by atoms with Gasteiger partial charge in [-0.25, -0.2) is 4.39 Å². The summed E-state index contributed by atoms with van der Waals surface area (Å²) in [5, 5.41) is 8.61. The van der Waals surface area contributed by atoms with Gasteiger partial charge in [-0.15, -0.1) is 0 Å². The van der Waals surface area contributed by atoms with Crippen molar-refractivity contribution in [3.05, 3.63) is 63.9 Å². The molecule has 2 aromatic carbocycles. The van der Waals surface area contributed by atoms with Gasteiger partial charge in [-0.05, 0) is 24.3 Å². The van der Waals surface area contributed by atoms with Gasteiger partial charge in [0.05, 0.1) is 5.56 Å². The lowest BCUT2D eigenvalue weighted by Gasteiger charge is -2.06. The maximum atomic E-state index is 13.3. The molecule has 0 radical (unpaired) electrons. The summed E-state index contributed by atoms with van der Waals surface area (Å²) in [6.07, 6.45) is 0. The second-order valence-electron chi connectivity index (χ2n) is 3.97. The molecule has 5 heteroatoms. The fraction of sp³-hybridized carbons (Fsp3) is 0.0667. The molecule has 2 rings (SSSR count). The Kier molecular flexibility index (Phi) is 4.49. The van der Waals surface area contributed by atoms with Crippen LogP contribution in [-0.4, -0.2) is 12.4 Å². The Hall–Kier alpha value is -2.19. The highest BCUT2D eigenvalue weighted by Crippen LogP contribution is 2.17. The molecule has 0 saturated heterocycles. The second-order valence-corrected chi connectivity index (χ2v) is 4.89. The maximum Gasteiger partial charge on any atom is 0.200 e. The molecule has 3 nitrogen and oxygen atoms in total. The van der Waals surface area contributed by atoms with E-state index in [-0.39, 0.29) is 23.7 Å². The van der Waals surface area contributed by atoms with E-state index in [2.05, 4.69) is 15.9 Å². The Balaban J connectivity index is 2.02. The number of ketones is 1. The zero-order valence-corrected chi connectivity index (χ0v) is 11.9. The quantitative estimate of drug-likeness (QED) is 0.801. The molecule has 0 N–H and O–H groups in total. The van der Waals surface area contributed by atoms with Gasteiger partial charge >= 0.3 is 0 Å². The lowest BCUT2D eigenvalue weighted by atomic mass is 10.1. The van der Waals surface area contributed by atoms with Crippen LogP contribution in [0.15, 0.2) is 46.9 Å². The Morgan fingerprint density at radius 1 is 1.25 bits per heavy atom. The van der Waals surface area contributed by atoms with Gasteiger partial charge in [-0.3, -0.25) is 4.79 Å². The third-order valence-corrected chi connectivity index (χ3v) is 3.13. The monoisotopic (exact) mass is 333 g/mol. The number of halogens is 2. The fourth-order valence-corrected chi connectivity index (χ4v) is 1.81. The highest BCUT2D eigenvalue weighted by molar-refractivity contribution is 9.10. The summed E-state index contributed by atoms with van der Waals surface area (Å²) in [5.74, 6) is -0.657. The van der Waals surface area contributed by atoms with E-state index in [0.29, 0.717) is 5.56 Å². The first kappa shape index (κ1) is 14.2. The van der Waals surface area contributed by atoms with Crippen LogP contribution in [0, 0.1) is 17.1 Å². The van der Waals surface area contributed by atoms with Gasteiger partial charge < -0.3 is 4.74 Å². The van der Waals surface area contributed by atoms with Crippen LogP contribution < -0.4 is 4.74 Å². The van der Waals surface area contributed by atoms with Crippen molar-refractivity contribution in [2.75, 3.05) is 6.61 Å². The van der Waals surface area contributed by atoms with E-state index in [9.17, 15) is 9.18 Å². The first-order valence-corrected chi connectivity index (χ1v) is 6.50.